The van der Waals surface area contributed by atoms with Crippen LogP contribution in [0.3, 0.4) is 0 Å². The lowest BCUT2D eigenvalue weighted by Gasteiger charge is -2.32. The van der Waals surface area contributed by atoms with E-state index < -0.39 is 10.0 Å². The van der Waals surface area contributed by atoms with Crippen LogP contribution in [0.2, 0.25) is 0 Å². The minimum Gasteiger partial charge on any atom is -0.354 e. The maximum Gasteiger partial charge on any atom is 0.265 e. The van der Waals surface area contributed by atoms with Gasteiger partial charge in [0.05, 0.1) is 10.6 Å². The fraction of sp³-hybridized carbons (Fsp3) is 0.296. The number of carbonyl (C=O) groups excluding carboxylic acids is 1. The second-order valence-corrected chi connectivity index (χ2v) is 11.7. The van der Waals surface area contributed by atoms with Crippen molar-refractivity contribution in [2.45, 2.75) is 37.3 Å². The van der Waals surface area contributed by atoms with Crippen molar-refractivity contribution in [3.05, 3.63) is 83.4 Å². The molecule has 1 amide bonds. The first-order chi connectivity index (χ1) is 16.3. The number of hydrogen-bond acceptors (Lipinski definition) is 4. The highest BCUT2D eigenvalue weighted by atomic mass is 32.2. The Labute approximate surface area is 206 Å². The van der Waals surface area contributed by atoms with Gasteiger partial charge in [-0.1, -0.05) is 62.4 Å². The molecule has 0 radical (unpaired) electrons. The number of hydrogen-bond donors (Lipinski definition) is 1. The summed E-state index contributed by atoms with van der Waals surface area (Å²) in [6.45, 7) is 6.55. The first-order valence-electron chi connectivity index (χ1n) is 11.4. The second-order valence-electron chi connectivity index (χ2n) is 8.77. The molecule has 0 bridgehead atoms. The van der Waals surface area contributed by atoms with Crippen LogP contribution in [0.15, 0.2) is 71.6 Å². The van der Waals surface area contributed by atoms with E-state index in [1.54, 1.807) is 23.9 Å². The minimum absolute atomic E-state index is 0.241. The molecule has 0 spiro atoms. The van der Waals surface area contributed by atoms with Gasteiger partial charge < -0.3 is 5.32 Å². The monoisotopic (exact) mass is 494 g/mol. The van der Waals surface area contributed by atoms with Crippen molar-refractivity contribution in [3.8, 4) is 11.1 Å². The smallest absolute Gasteiger partial charge is 0.265 e. The predicted molar refractivity (Wildman–Crippen MR) is 141 cm³/mol. The van der Waals surface area contributed by atoms with Crippen LogP contribution in [0.4, 0.5) is 5.69 Å². The third-order valence-electron chi connectivity index (χ3n) is 6.08. The Morgan fingerprint density at radius 1 is 1.00 bits per heavy atom. The zero-order valence-electron chi connectivity index (χ0n) is 19.7. The number of rotatable bonds is 8. The largest absolute Gasteiger partial charge is 0.354 e. The summed E-state index contributed by atoms with van der Waals surface area (Å²) in [4.78, 5) is 13.0. The van der Waals surface area contributed by atoms with Gasteiger partial charge in [0.15, 0.2) is 0 Å². The Balaban J connectivity index is 1.46. The molecule has 4 rings (SSSR count). The predicted octanol–water partition coefficient (Wildman–Crippen LogP) is 5.34. The lowest BCUT2D eigenvalue weighted by atomic mass is 9.95. The molecular weight excluding hydrogens is 464 g/mol. The molecule has 1 heterocycles. The Bertz CT molecular complexity index is 1300. The third-order valence-corrected chi connectivity index (χ3v) is 8.90. The second kappa shape index (κ2) is 10.2. The van der Waals surface area contributed by atoms with Crippen molar-refractivity contribution in [2.24, 2.45) is 0 Å². The van der Waals surface area contributed by atoms with Gasteiger partial charge in [-0.3, -0.25) is 9.10 Å². The molecule has 0 aromatic heterocycles. The molecule has 0 saturated heterocycles. The summed E-state index contributed by atoms with van der Waals surface area (Å²) in [7, 11) is -3.83. The van der Waals surface area contributed by atoms with Crippen LogP contribution in [-0.2, 0) is 20.6 Å². The molecule has 7 heteroatoms. The summed E-state index contributed by atoms with van der Waals surface area (Å²) in [6.07, 6.45) is 0. The van der Waals surface area contributed by atoms with Gasteiger partial charge in [-0.05, 0) is 47.7 Å². The highest BCUT2D eigenvalue weighted by molar-refractivity contribution is 7.98. The topological polar surface area (TPSA) is 66.5 Å². The van der Waals surface area contributed by atoms with Crippen molar-refractivity contribution in [1.29, 1.82) is 0 Å². The molecule has 0 aliphatic carbocycles. The fourth-order valence-electron chi connectivity index (χ4n) is 4.08. The van der Waals surface area contributed by atoms with E-state index in [-0.39, 0.29) is 17.3 Å². The molecule has 178 valence electrons. The fourth-order valence-corrected chi connectivity index (χ4v) is 6.67. The molecule has 0 unspecified atom stereocenters. The molecule has 1 N–H and O–H groups in total. The third kappa shape index (κ3) is 5.00. The van der Waals surface area contributed by atoms with E-state index in [4.69, 9.17) is 0 Å². The number of anilines is 1. The van der Waals surface area contributed by atoms with E-state index >= 15 is 0 Å². The van der Waals surface area contributed by atoms with E-state index in [0.29, 0.717) is 23.7 Å². The number of amides is 1. The van der Waals surface area contributed by atoms with Gasteiger partial charge in [0, 0.05) is 29.2 Å². The molecule has 34 heavy (non-hydrogen) atoms. The van der Waals surface area contributed by atoms with Crippen molar-refractivity contribution in [3.63, 3.8) is 0 Å². The van der Waals surface area contributed by atoms with Crippen LogP contribution in [0.1, 0.15) is 36.5 Å². The van der Waals surface area contributed by atoms with Crippen LogP contribution >= 0.6 is 11.8 Å². The zero-order chi connectivity index (χ0) is 24.3. The van der Waals surface area contributed by atoms with Crippen LogP contribution in [0.5, 0.6) is 0 Å². The molecule has 0 saturated carbocycles. The van der Waals surface area contributed by atoms with Gasteiger partial charge in [-0.25, -0.2) is 8.42 Å². The molecule has 3 aromatic carbocycles. The highest BCUT2D eigenvalue weighted by Crippen LogP contribution is 2.43. The van der Waals surface area contributed by atoms with Gasteiger partial charge in [0.25, 0.3) is 10.0 Å². The van der Waals surface area contributed by atoms with Crippen molar-refractivity contribution < 1.29 is 13.2 Å². The summed E-state index contributed by atoms with van der Waals surface area (Å²) < 4.78 is 28.1. The summed E-state index contributed by atoms with van der Waals surface area (Å²) in [5, 5.41) is 2.89. The Hall–Kier alpha value is -2.77. The number of benzene rings is 3. The van der Waals surface area contributed by atoms with Crippen molar-refractivity contribution in [2.75, 3.05) is 23.1 Å². The van der Waals surface area contributed by atoms with Gasteiger partial charge in [0.1, 0.15) is 6.54 Å². The lowest BCUT2D eigenvalue weighted by Crippen LogP contribution is -2.43. The van der Waals surface area contributed by atoms with Crippen LogP contribution in [0, 0.1) is 6.92 Å². The van der Waals surface area contributed by atoms with Crippen molar-refractivity contribution in [1.82, 2.24) is 5.32 Å². The summed E-state index contributed by atoms with van der Waals surface area (Å²) in [5.74, 6) is 1.64. The zero-order valence-corrected chi connectivity index (χ0v) is 21.4. The summed E-state index contributed by atoms with van der Waals surface area (Å²) in [5.41, 5.74) is 5.75. The number of nitrogens with zero attached hydrogens (tertiary/aromatic N) is 1. The number of aryl methyl sites for hydroxylation is 1. The quantitative estimate of drug-likeness (QED) is 0.429. The van der Waals surface area contributed by atoms with Crippen molar-refractivity contribution >= 4 is 33.4 Å². The Morgan fingerprint density at radius 3 is 2.50 bits per heavy atom. The molecule has 0 fully saturated rings. The molecule has 1 aliphatic heterocycles. The van der Waals surface area contributed by atoms with E-state index in [9.17, 15) is 13.2 Å². The van der Waals surface area contributed by atoms with Gasteiger partial charge in [-0.2, -0.15) is 11.8 Å². The maximum atomic E-state index is 13.4. The molecule has 3 aromatic rings. The first kappa shape index (κ1) is 24.4. The number of fused-ring (bicyclic) bond motifs is 3. The summed E-state index contributed by atoms with van der Waals surface area (Å²) >= 11 is 1.75. The Kier molecular flexibility index (Phi) is 7.33. The SMILES string of the molecule is Cc1ccccc1CSCCNC(=O)CN1c2ccc(C(C)C)cc2-c2ccccc2S1(=O)=O. The van der Waals surface area contributed by atoms with Crippen LogP contribution < -0.4 is 9.62 Å². The number of carbonyl (C=O) groups is 1. The van der Waals surface area contributed by atoms with Gasteiger partial charge in [-0.15, -0.1) is 0 Å². The number of sulfonamides is 1. The van der Waals surface area contributed by atoms with Gasteiger partial charge in [0.2, 0.25) is 5.91 Å². The normalized spacial score (nSPS) is 13.9. The van der Waals surface area contributed by atoms with E-state index in [0.717, 1.165) is 22.6 Å². The number of thioether (sulfide) groups is 1. The molecule has 0 atom stereocenters. The maximum absolute atomic E-state index is 13.4. The van der Waals surface area contributed by atoms with E-state index in [1.165, 1.54) is 15.4 Å². The number of nitrogens with one attached hydrogen (secondary N) is 1. The first-order valence-corrected chi connectivity index (χ1v) is 14.0. The van der Waals surface area contributed by atoms with E-state index in [1.807, 2.05) is 42.5 Å². The minimum atomic E-state index is -3.83. The van der Waals surface area contributed by atoms with Gasteiger partial charge >= 0.3 is 0 Å². The molecule has 5 nitrogen and oxygen atoms in total. The average Bonchev–Trinajstić information content (AvgIpc) is 2.82. The average molecular weight is 495 g/mol. The lowest BCUT2D eigenvalue weighted by molar-refractivity contribution is -0.119. The van der Waals surface area contributed by atoms with E-state index in [2.05, 4.69) is 38.2 Å². The Morgan fingerprint density at radius 2 is 1.74 bits per heavy atom. The van der Waals surface area contributed by atoms with Crippen LogP contribution in [0.25, 0.3) is 11.1 Å². The molecule has 1 aliphatic rings. The highest BCUT2D eigenvalue weighted by Gasteiger charge is 2.36. The standard InChI is InChI=1S/C27H30N2O3S2/c1-19(2)21-12-13-25-24(16-21)23-10-6-7-11-26(23)34(31,32)29(25)17-27(30)28-14-15-33-18-22-9-5-4-8-20(22)3/h4-13,16,19H,14-15,17-18H2,1-3H3,(H,28,30). The molecular formula is C27H30N2O3S2. The summed E-state index contributed by atoms with van der Waals surface area (Å²) in [6, 6.07) is 21.1. The van der Waals surface area contributed by atoms with Crippen LogP contribution in [-0.4, -0.2) is 33.2 Å².